The predicted octanol–water partition coefficient (Wildman–Crippen LogP) is 4.37. The van der Waals surface area contributed by atoms with Crippen LogP contribution in [0.5, 0.6) is 0 Å². The first-order valence-electron chi connectivity index (χ1n) is 9.84. The number of benzene rings is 2. The number of rotatable bonds is 5. The number of aromatic nitrogens is 3. The Morgan fingerprint density at radius 1 is 1.17 bits per heavy atom. The predicted molar refractivity (Wildman–Crippen MR) is 105 cm³/mol. The van der Waals surface area contributed by atoms with Gasteiger partial charge < -0.3 is 10.1 Å². The molecule has 2 heterocycles. The van der Waals surface area contributed by atoms with Crippen LogP contribution in [-0.2, 0) is 30.2 Å². The zero-order chi connectivity index (χ0) is 21.2. The summed E-state index contributed by atoms with van der Waals surface area (Å²) in [5.41, 5.74) is 0.808. The quantitative estimate of drug-likeness (QED) is 0.671. The second-order valence-corrected chi connectivity index (χ2v) is 7.52. The Balaban J connectivity index is 1.71. The zero-order valence-corrected chi connectivity index (χ0v) is 16.6. The molecule has 1 saturated heterocycles. The maximum absolute atomic E-state index is 13.1. The molecule has 30 heavy (non-hydrogen) atoms. The maximum atomic E-state index is 13.1. The van der Waals surface area contributed by atoms with Gasteiger partial charge in [-0.2, -0.15) is 13.2 Å². The Morgan fingerprint density at radius 3 is 2.67 bits per heavy atom. The molecule has 0 radical (unpaired) electrons. The summed E-state index contributed by atoms with van der Waals surface area (Å²) in [5, 5.41) is 11.6. The third kappa shape index (κ3) is 3.97. The van der Waals surface area contributed by atoms with Crippen molar-refractivity contribution in [2.75, 3.05) is 6.54 Å². The standard InChI is InChI=1S/C22H23F3N4O/c1-29-19(14-27-28-29)21(11-6-12-26-20(21)17-8-3-2-4-9-17)30-15-16-7-5-10-18(13-16)22(23,24)25/h2-5,7-10,13-14,20,26H,6,11-12,15H2,1H3. The van der Waals surface area contributed by atoms with Crippen LogP contribution in [-0.4, -0.2) is 21.5 Å². The molecule has 0 bridgehead atoms. The molecule has 2 aromatic carbocycles. The van der Waals surface area contributed by atoms with Crippen molar-refractivity contribution in [2.45, 2.75) is 37.3 Å². The van der Waals surface area contributed by atoms with Crippen molar-refractivity contribution >= 4 is 0 Å². The summed E-state index contributed by atoms with van der Waals surface area (Å²) in [6.07, 6.45) is -1.16. The molecule has 5 nitrogen and oxygen atoms in total. The van der Waals surface area contributed by atoms with Gasteiger partial charge in [-0.1, -0.05) is 47.7 Å². The summed E-state index contributed by atoms with van der Waals surface area (Å²) in [6.45, 7) is 0.861. The highest BCUT2D eigenvalue weighted by molar-refractivity contribution is 5.29. The van der Waals surface area contributed by atoms with Crippen molar-refractivity contribution in [3.8, 4) is 0 Å². The highest BCUT2D eigenvalue weighted by atomic mass is 19.4. The Morgan fingerprint density at radius 2 is 1.97 bits per heavy atom. The summed E-state index contributed by atoms with van der Waals surface area (Å²) in [4.78, 5) is 0. The van der Waals surface area contributed by atoms with E-state index in [-0.39, 0.29) is 12.6 Å². The van der Waals surface area contributed by atoms with Gasteiger partial charge in [-0.3, -0.25) is 0 Å². The van der Waals surface area contributed by atoms with E-state index < -0.39 is 17.3 Å². The van der Waals surface area contributed by atoms with Crippen molar-refractivity contribution in [3.63, 3.8) is 0 Å². The lowest BCUT2D eigenvalue weighted by atomic mass is 9.79. The number of piperidine rings is 1. The number of hydrogen-bond donors (Lipinski definition) is 1. The molecular weight excluding hydrogens is 393 g/mol. The fourth-order valence-corrected chi connectivity index (χ4v) is 4.17. The van der Waals surface area contributed by atoms with Crippen LogP contribution >= 0.6 is 0 Å². The van der Waals surface area contributed by atoms with Crippen LogP contribution in [0.2, 0.25) is 0 Å². The van der Waals surface area contributed by atoms with Gasteiger partial charge >= 0.3 is 6.18 Å². The molecule has 1 aliphatic heterocycles. The van der Waals surface area contributed by atoms with Crippen LogP contribution in [0.4, 0.5) is 13.2 Å². The minimum Gasteiger partial charge on any atom is -0.362 e. The van der Waals surface area contributed by atoms with Crippen LogP contribution in [0.25, 0.3) is 0 Å². The molecule has 0 amide bonds. The molecule has 2 unspecified atom stereocenters. The summed E-state index contributed by atoms with van der Waals surface area (Å²) in [7, 11) is 1.80. The molecule has 1 aromatic heterocycles. The zero-order valence-electron chi connectivity index (χ0n) is 16.6. The minimum atomic E-state index is -4.39. The van der Waals surface area contributed by atoms with Gasteiger partial charge in [0.25, 0.3) is 0 Å². The lowest BCUT2D eigenvalue weighted by molar-refractivity contribution is -0.137. The highest BCUT2D eigenvalue weighted by Crippen LogP contribution is 2.45. The van der Waals surface area contributed by atoms with Gasteiger partial charge in [0.1, 0.15) is 5.60 Å². The Bertz CT molecular complexity index is 989. The van der Waals surface area contributed by atoms with Gasteiger partial charge in [-0.05, 0) is 42.6 Å². The van der Waals surface area contributed by atoms with E-state index in [1.807, 2.05) is 30.3 Å². The van der Waals surface area contributed by atoms with Crippen molar-refractivity contribution in [1.29, 1.82) is 0 Å². The number of halogens is 3. The number of nitrogens with one attached hydrogen (secondary N) is 1. The molecule has 1 N–H and O–H groups in total. The van der Waals surface area contributed by atoms with E-state index in [1.54, 1.807) is 24.0 Å². The van der Waals surface area contributed by atoms with E-state index in [4.69, 9.17) is 4.74 Å². The second kappa shape index (κ2) is 8.20. The average molecular weight is 416 g/mol. The molecule has 1 aliphatic rings. The van der Waals surface area contributed by atoms with E-state index in [0.717, 1.165) is 36.4 Å². The van der Waals surface area contributed by atoms with Crippen LogP contribution in [0.15, 0.2) is 60.8 Å². The first-order chi connectivity index (χ1) is 14.4. The fourth-order valence-electron chi connectivity index (χ4n) is 4.17. The molecule has 1 fully saturated rings. The molecule has 0 saturated carbocycles. The molecule has 4 rings (SSSR count). The topological polar surface area (TPSA) is 52.0 Å². The minimum absolute atomic E-state index is 0.0418. The lowest BCUT2D eigenvalue weighted by Crippen LogP contribution is -2.49. The van der Waals surface area contributed by atoms with E-state index in [9.17, 15) is 13.2 Å². The average Bonchev–Trinajstić information content (AvgIpc) is 3.19. The van der Waals surface area contributed by atoms with Crippen LogP contribution in [0.1, 0.15) is 41.3 Å². The van der Waals surface area contributed by atoms with E-state index in [0.29, 0.717) is 12.0 Å². The molecule has 3 aromatic rings. The SMILES string of the molecule is Cn1nncc1C1(OCc2cccc(C(F)(F)F)c2)CCCNC1c1ccccc1. The number of aryl methyl sites for hydroxylation is 1. The van der Waals surface area contributed by atoms with Gasteiger partial charge in [0.2, 0.25) is 0 Å². The van der Waals surface area contributed by atoms with Crippen LogP contribution in [0, 0.1) is 0 Å². The highest BCUT2D eigenvalue weighted by Gasteiger charge is 2.46. The largest absolute Gasteiger partial charge is 0.416 e. The molecule has 2 atom stereocenters. The first kappa shape index (κ1) is 20.6. The van der Waals surface area contributed by atoms with Crippen molar-refractivity contribution in [3.05, 3.63) is 83.2 Å². The molecule has 0 spiro atoms. The summed E-state index contributed by atoms with van der Waals surface area (Å²) >= 11 is 0. The second-order valence-electron chi connectivity index (χ2n) is 7.52. The molecule has 158 valence electrons. The fraction of sp³-hybridized carbons (Fsp3) is 0.364. The van der Waals surface area contributed by atoms with Gasteiger partial charge in [0.05, 0.1) is 30.1 Å². The smallest absolute Gasteiger partial charge is 0.362 e. The molecule has 0 aliphatic carbocycles. The lowest BCUT2D eigenvalue weighted by Gasteiger charge is -2.44. The number of hydrogen-bond acceptors (Lipinski definition) is 4. The number of nitrogens with zero attached hydrogens (tertiary/aromatic N) is 3. The molecular formula is C22H23F3N4O. The van der Waals surface area contributed by atoms with Crippen molar-refractivity contribution < 1.29 is 17.9 Å². The van der Waals surface area contributed by atoms with Gasteiger partial charge in [-0.15, -0.1) is 5.10 Å². The van der Waals surface area contributed by atoms with Gasteiger partial charge in [0.15, 0.2) is 0 Å². The van der Waals surface area contributed by atoms with Crippen LogP contribution in [0.3, 0.4) is 0 Å². The summed E-state index contributed by atoms with van der Waals surface area (Å²) < 4.78 is 47.5. The van der Waals surface area contributed by atoms with Gasteiger partial charge in [0, 0.05) is 7.05 Å². The normalized spacial score (nSPS) is 22.2. The summed E-state index contributed by atoms with van der Waals surface area (Å²) in [6, 6.07) is 15.0. The summed E-state index contributed by atoms with van der Waals surface area (Å²) in [5.74, 6) is 0. The Kier molecular flexibility index (Phi) is 5.62. The van der Waals surface area contributed by atoms with Gasteiger partial charge in [-0.25, -0.2) is 4.68 Å². The monoisotopic (exact) mass is 416 g/mol. The third-order valence-electron chi connectivity index (χ3n) is 5.57. The number of alkyl halides is 3. The van der Waals surface area contributed by atoms with Crippen molar-refractivity contribution in [2.24, 2.45) is 7.05 Å². The van der Waals surface area contributed by atoms with E-state index in [2.05, 4.69) is 15.6 Å². The molecule has 8 heteroatoms. The number of ether oxygens (including phenoxy) is 1. The Labute approximate surface area is 172 Å². The van der Waals surface area contributed by atoms with Crippen molar-refractivity contribution in [1.82, 2.24) is 20.3 Å². The van der Waals surface area contributed by atoms with Crippen LogP contribution < -0.4 is 5.32 Å². The first-order valence-corrected chi connectivity index (χ1v) is 9.84. The maximum Gasteiger partial charge on any atom is 0.416 e. The Hall–Kier alpha value is -2.71. The third-order valence-corrected chi connectivity index (χ3v) is 5.57. The van der Waals surface area contributed by atoms with E-state index in [1.165, 1.54) is 6.07 Å². The van der Waals surface area contributed by atoms with E-state index >= 15 is 0 Å².